The average molecular weight is 312 g/mol. The number of carbonyl (C=O) groups excluding carboxylic acids is 1. The highest BCUT2D eigenvalue weighted by Crippen LogP contribution is 2.13. The Kier molecular flexibility index (Phi) is 17.7. The highest BCUT2D eigenvalue weighted by molar-refractivity contribution is 5.71. The summed E-state index contributed by atoms with van der Waals surface area (Å²) in [6.45, 7) is 2.88. The molecule has 22 heavy (non-hydrogen) atoms. The summed E-state index contributed by atoms with van der Waals surface area (Å²) in [5.41, 5.74) is 4.95. The van der Waals surface area contributed by atoms with E-state index in [1.165, 1.54) is 96.3 Å². The lowest BCUT2D eigenvalue weighted by molar-refractivity contribution is 0.248. The van der Waals surface area contributed by atoms with Crippen LogP contribution in [0.25, 0.3) is 0 Å². The monoisotopic (exact) mass is 311 g/mol. The zero-order chi connectivity index (χ0) is 16.3. The van der Waals surface area contributed by atoms with Crippen LogP contribution in [0.2, 0.25) is 0 Å². The van der Waals surface area contributed by atoms with E-state index in [1.807, 2.05) is 0 Å². The van der Waals surface area contributed by atoms with Crippen LogP contribution in [0.15, 0.2) is 0 Å². The van der Waals surface area contributed by atoms with Crippen LogP contribution in [0.5, 0.6) is 0 Å². The van der Waals surface area contributed by atoms with Crippen LogP contribution in [-0.2, 0) is 0 Å². The van der Waals surface area contributed by atoms with Gasteiger partial charge in [-0.25, -0.2) is 10.1 Å². The van der Waals surface area contributed by atoms with Crippen LogP contribution in [0.3, 0.4) is 0 Å². The Balaban J connectivity index is 2.95. The molecule has 2 amide bonds. The second-order valence-electron chi connectivity index (χ2n) is 6.52. The molecule has 0 aromatic carbocycles. The second-order valence-corrected chi connectivity index (χ2v) is 6.52. The Hall–Kier alpha value is -0.730. The number of nitrogens with zero attached hydrogens (tertiary/aromatic N) is 1. The Morgan fingerprint density at radius 2 is 0.955 bits per heavy atom. The number of rotatable bonds is 17. The third kappa shape index (κ3) is 19.3. The molecule has 1 radical (unpaired) electrons. The molecule has 3 nitrogen and oxygen atoms in total. The van der Waals surface area contributed by atoms with Gasteiger partial charge in [0.25, 0.3) is 0 Å². The summed E-state index contributed by atoms with van der Waals surface area (Å²) in [4.78, 5) is 10.4. The van der Waals surface area contributed by atoms with Crippen molar-refractivity contribution in [2.45, 2.75) is 110 Å². The molecule has 0 aliphatic heterocycles. The predicted molar refractivity (Wildman–Crippen MR) is 96.1 cm³/mol. The fraction of sp³-hybridized carbons (Fsp3) is 0.947. The number of urea groups is 1. The van der Waals surface area contributed by atoms with Crippen LogP contribution >= 0.6 is 0 Å². The fourth-order valence-electron chi connectivity index (χ4n) is 2.85. The van der Waals surface area contributed by atoms with Crippen molar-refractivity contribution in [3.8, 4) is 0 Å². The first-order valence-electron chi connectivity index (χ1n) is 9.74. The van der Waals surface area contributed by atoms with E-state index in [0.29, 0.717) is 6.54 Å². The summed E-state index contributed by atoms with van der Waals surface area (Å²) in [6, 6.07) is -0.527. The molecule has 0 aliphatic rings. The molecular formula is C19H39N2O. The molecule has 0 rings (SSSR count). The van der Waals surface area contributed by atoms with E-state index in [4.69, 9.17) is 5.73 Å². The maximum Gasteiger partial charge on any atom is 0.333 e. The van der Waals surface area contributed by atoms with Crippen LogP contribution in [-0.4, -0.2) is 12.6 Å². The molecule has 0 heterocycles. The zero-order valence-corrected chi connectivity index (χ0v) is 15.0. The summed E-state index contributed by atoms with van der Waals surface area (Å²) in [6.07, 6.45) is 21.8. The first-order chi connectivity index (χ1) is 10.8. The molecule has 2 N–H and O–H groups in total. The topological polar surface area (TPSA) is 57.2 Å². The Labute approximate surface area is 138 Å². The molecule has 0 aliphatic carbocycles. The van der Waals surface area contributed by atoms with Gasteiger partial charge < -0.3 is 5.73 Å². The summed E-state index contributed by atoms with van der Waals surface area (Å²) < 4.78 is 0. The van der Waals surface area contributed by atoms with Gasteiger partial charge in [0.2, 0.25) is 0 Å². The van der Waals surface area contributed by atoms with Crippen molar-refractivity contribution in [2.24, 2.45) is 5.73 Å². The summed E-state index contributed by atoms with van der Waals surface area (Å²) >= 11 is 0. The van der Waals surface area contributed by atoms with Crippen molar-refractivity contribution < 1.29 is 4.79 Å². The number of nitrogens with two attached hydrogens (primary N) is 1. The molecule has 0 aromatic heterocycles. The van der Waals surface area contributed by atoms with Gasteiger partial charge in [0.1, 0.15) is 0 Å². The summed E-state index contributed by atoms with van der Waals surface area (Å²) in [5.74, 6) is 0. The van der Waals surface area contributed by atoms with Crippen LogP contribution in [0.1, 0.15) is 110 Å². The van der Waals surface area contributed by atoms with Gasteiger partial charge in [0.15, 0.2) is 0 Å². The molecule has 0 saturated heterocycles. The number of hydrogen-bond acceptors (Lipinski definition) is 1. The minimum absolute atomic E-state index is 0.527. The lowest BCUT2D eigenvalue weighted by Crippen LogP contribution is -2.23. The predicted octanol–water partition coefficient (Wildman–Crippen LogP) is 5.93. The first-order valence-corrected chi connectivity index (χ1v) is 9.74. The van der Waals surface area contributed by atoms with Gasteiger partial charge in [-0.05, 0) is 6.42 Å². The number of carbonyl (C=O) groups is 1. The van der Waals surface area contributed by atoms with E-state index in [-0.39, 0.29) is 0 Å². The maximum atomic E-state index is 10.4. The molecule has 0 unspecified atom stereocenters. The minimum atomic E-state index is -0.527. The van der Waals surface area contributed by atoms with Crippen LogP contribution in [0.4, 0.5) is 4.79 Å². The van der Waals surface area contributed by atoms with E-state index in [1.54, 1.807) is 0 Å². The molecule has 0 spiro atoms. The molecule has 0 fully saturated rings. The Morgan fingerprint density at radius 3 is 1.27 bits per heavy atom. The van der Waals surface area contributed by atoms with Gasteiger partial charge in [-0.15, -0.1) is 0 Å². The quantitative estimate of drug-likeness (QED) is 0.332. The molecule has 0 atom stereocenters. The number of amides is 2. The highest BCUT2D eigenvalue weighted by Gasteiger charge is 1.96. The van der Waals surface area contributed by atoms with Crippen molar-refractivity contribution in [3.63, 3.8) is 0 Å². The SMILES string of the molecule is CCCCCCCCCCCCCCCCCC[N]C(N)=O. The van der Waals surface area contributed by atoms with Crippen molar-refractivity contribution in [1.82, 2.24) is 5.32 Å². The zero-order valence-electron chi connectivity index (χ0n) is 15.0. The molecule has 0 aromatic rings. The molecule has 0 saturated carbocycles. The Bertz CT molecular complexity index is 231. The van der Waals surface area contributed by atoms with Crippen molar-refractivity contribution in [1.29, 1.82) is 0 Å². The fourth-order valence-corrected chi connectivity index (χ4v) is 2.85. The van der Waals surface area contributed by atoms with Crippen LogP contribution < -0.4 is 11.1 Å². The second kappa shape index (κ2) is 18.3. The maximum absolute atomic E-state index is 10.4. The van der Waals surface area contributed by atoms with Crippen molar-refractivity contribution >= 4 is 6.03 Å². The van der Waals surface area contributed by atoms with Gasteiger partial charge in [0.05, 0.1) is 0 Å². The molecule has 3 heteroatoms. The largest absolute Gasteiger partial charge is 0.350 e. The van der Waals surface area contributed by atoms with E-state index in [9.17, 15) is 4.79 Å². The van der Waals surface area contributed by atoms with Gasteiger partial charge in [0, 0.05) is 6.54 Å². The summed E-state index contributed by atoms with van der Waals surface area (Å²) in [7, 11) is 0. The first kappa shape index (κ1) is 21.3. The van der Waals surface area contributed by atoms with E-state index in [2.05, 4.69) is 12.2 Å². The van der Waals surface area contributed by atoms with Crippen molar-refractivity contribution in [2.75, 3.05) is 6.54 Å². The smallest absolute Gasteiger partial charge is 0.333 e. The Morgan fingerprint density at radius 1 is 0.636 bits per heavy atom. The number of hydrogen-bond donors (Lipinski definition) is 1. The van der Waals surface area contributed by atoms with E-state index in [0.717, 1.165) is 6.42 Å². The molecular weight excluding hydrogens is 272 g/mol. The minimum Gasteiger partial charge on any atom is -0.350 e. The van der Waals surface area contributed by atoms with Crippen molar-refractivity contribution in [3.05, 3.63) is 0 Å². The van der Waals surface area contributed by atoms with Gasteiger partial charge in [-0.1, -0.05) is 103 Å². The average Bonchev–Trinajstić information content (AvgIpc) is 2.50. The highest BCUT2D eigenvalue weighted by atomic mass is 16.2. The van der Waals surface area contributed by atoms with E-state index >= 15 is 0 Å². The van der Waals surface area contributed by atoms with E-state index < -0.39 is 6.03 Å². The van der Waals surface area contributed by atoms with Gasteiger partial charge in [-0.2, -0.15) is 0 Å². The molecule has 0 bridgehead atoms. The van der Waals surface area contributed by atoms with Crippen LogP contribution in [0, 0.1) is 0 Å². The normalized spacial score (nSPS) is 10.8. The summed E-state index contributed by atoms with van der Waals surface area (Å²) in [5, 5.41) is 3.67. The lowest BCUT2D eigenvalue weighted by atomic mass is 10.0. The van der Waals surface area contributed by atoms with Gasteiger partial charge >= 0.3 is 6.03 Å². The number of unbranched alkanes of at least 4 members (excludes halogenated alkanes) is 15. The standard InChI is InChI=1S/C19H39N2O/c1-2-3-4-5-6-7-8-9-10-11-12-13-14-15-16-17-18-21-19(20)22/h2-18H2,1H3,(H2,20,22). The third-order valence-corrected chi connectivity index (χ3v) is 4.28. The lowest BCUT2D eigenvalue weighted by Gasteiger charge is -2.03. The van der Waals surface area contributed by atoms with Gasteiger partial charge in [-0.3, -0.25) is 0 Å². The number of primary amides is 1. The third-order valence-electron chi connectivity index (χ3n) is 4.28. The molecule has 131 valence electrons.